The number of benzene rings is 1. The van der Waals surface area contributed by atoms with Crippen LogP contribution in [-0.2, 0) is 0 Å². The zero-order chi connectivity index (χ0) is 12.3. The van der Waals surface area contributed by atoms with Gasteiger partial charge in [0.2, 0.25) is 0 Å². The van der Waals surface area contributed by atoms with E-state index in [9.17, 15) is 9.50 Å². The van der Waals surface area contributed by atoms with Gasteiger partial charge >= 0.3 is 0 Å². The Balaban J connectivity index is 2.76. The maximum Gasteiger partial charge on any atom is 0.126 e. The minimum atomic E-state index is -0.412. The van der Waals surface area contributed by atoms with Crippen molar-refractivity contribution in [3.63, 3.8) is 0 Å². The van der Waals surface area contributed by atoms with Crippen LogP contribution in [0.3, 0.4) is 0 Å². The minimum Gasteiger partial charge on any atom is -0.508 e. The van der Waals surface area contributed by atoms with Gasteiger partial charge in [0, 0.05) is 23.7 Å². The van der Waals surface area contributed by atoms with Gasteiger partial charge in [0.05, 0.1) is 0 Å². The lowest BCUT2D eigenvalue weighted by atomic mass is 10.0. The number of rotatable bonds is 4. The highest BCUT2D eigenvalue weighted by Crippen LogP contribution is 2.25. The lowest BCUT2D eigenvalue weighted by molar-refractivity contribution is 0.378. The summed E-state index contributed by atoms with van der Waals surface area (Å²) in [6.07, 6.45) is 0. The van der Waals surface area contributed by atoms with Crippen LogP contribution in [0.2, 0.25) is 0 Å². The van der Waals surface area contributed by atoms with E-state index in [4.69, 9.17) is 0 Å². The topological polar surface area (TPSA) is 32.3 Å². The first-order valence-corrected chi connectivity index (χ1v) is 5.66. The summed E-state index contributed by atoms with van der Waals surface area (Å²) in [6.45, 7) is 8.33. The van der Waals surface area contributed by atoms with Crippen LogP contribution in [0.25, 0.3) is 0 Å². The third kappa shape index (κ3) is 3.20. The molecule has 0 fully saturated rings. The number of nitrogens with one attached hydrogen (secondary N) is 1. The van der Waals surface area contributed by atoms with Gasteiger partial charge in [-0.2, -0.15) is 0 Å². The van der Waals surface area contributed by atoms with Gasteiger partial charge in [-0.25, -0.2) is 4.39 Å². The van der Waals surface area contributed by atoms with Gasteiger partial charge in [-0.05, 0) is 25.8 Å². The average Bonchev–Trinajstić information content (AvgIpc) is 2.16. The quantitative estimate of drug-likeness (QED) is 0.824. The van der Waals surface area contributed by atoms with E-state index in [2.05, 4.69) is 26.1 Å². The van der Waals surface area contributed by atoms with E-state index in [0.29, 0.717) is 12.0 Å². The Morgan fingerprint density at radius 1 is 1.19 bits per heavy atom. The first-order valence-electron chi connectivity index (χ1n) is 5.66. The zero-order valence-electron chi connectivity index (χ0n) is 10.3. The number of halogens is 1. The highest BCUT2D eigenvalue weighted by molar-refractivity contribution is 5.34. The first kappa shape index (κ1) is 13.0. The second-order valence-corrected chi connectivity index (χ2v) is 4.62. The molecule has 0 heterocycles. The Kier molecular flexibility index (Phi) is 4.30. The summed E-state index contributed by atoms with van der Waals surface area (Å²) < 4.78 is 12.8. The van der Waals surface area contributed by atoms with Crippen molar-refractivity contribution in [3.8, 4) is 5.75 Å². The van der Waals surface area contributed by atoms with Crippen LogP contribution < -0.4 is 5.32 Å². The molecule has 2 nitrogen and oxygen atoms in total. The van der Waals surface area contributed by atoms with Crippen molar-refractivity contribution in [2.75, 3.05) is 0 Å². The number of aromatic hydroxyl groups is 1. The summed E-state index contributed by atoms with van der Waals surface area (Å²) in [4.78, 5) is 0. The molecule has 0 spiro atoms. The van der Waals surface area contributed by atoms with Crippen LogP contribution in [0, 0.1) is 11.7 Å². The molecule has 0 amide bonds. The van der Waals surface area contributed by atoms with Crippen LogP contribution in [0.1, 0.15) is 39.3 Å². The molecule has 0 aliphatic heterocycles. The Morgan fingerprint density at radius 2 is 1.81 bits per heavy atom. The van der Waals surface area contributed by atoms with Crippen LogP contribution >= 0.6 is 0 Å². The Morgan fingerprint density at radius 3 is 2.31 bits per heavy atom. The third-order valence-corrected chi connectivity index (χ3v) is 2.97. The van der Waals surface area contributed by atoms with Gasteiger partial charge in [-0.1, -0.05) is 19.9 Å². The van der Waals surface area contributed by atoms with E-state index >= 15 is 0 Å². The number of phenolic OH excluding ortho intramolecular Hbond substituents is 1. The van der Waals surface area contributed by atoms with Crippen molar-refractivity contribution in [2.45, 2.75) is 39.8 Å². The fraction of sp³-hybridized carbons (Fsp3) is 0.538. The summed E-state index contributed by atoms with van der Waals surface area (Å²) in [5.41, 5.74) is 0.730. The van der Waals surface area contributed by atoms with Gasteiger partial charge in [-0.3, -0.25) is 0 Å². The summed E-state index contributed by atoms with van der Waals surface area (Å²) in [6, 6.07) is 4.49. The molecular weight excluding hydrogens is 205 g/mol. The van der Waals surface area contributed by atoms with Crippen molar-refractivity contribution in [2.24, 2.45) is 5.92 Å². The Labute approximate surface area is 96.5 Å². The Hall–Kier alpha value is -1.09. The van der Waals surface area contributed by atoms with Gasteiger partial charge in [0.25, 0.3) is 0 Å². The number of phenols is 1. The molecule has 2 atom stereocenters. The normalized spacial score (nSPS) is 15.1. The molecule has 1 aromatic carbocycles. The van der Waals surface area contributed by atoms with E-state index in [0.717, 1.165) is 11.6 Å². The third-order valence-electron chi connectivity index (χ3n) is 2.97. The van der Waals surface area contributed by atoms with Crippen molar-refractivity contribution in [1.29, 1.82) is 0 Å². The predicted octanol–water partition coefficient (Wildman–Crippen LogP) is 3.23. The lowest BCUT2D eigenvalue weighted by Gasteiger charge is -2.23. The molecule has 16 heavy (non-hydrogen) atoms. The van der Waals surface area contributed by atoms with E-state index in [1.54, 1.807) is 6.07 Å². The smallest absolute Gasteiger partial charge is 0.126 e. The summed E-state index contributed by atoms with van der Waals surface area (Å²) >= 11 is 0. The Bertz CT molecular complexity index is 352. The number of hydrogen-bond acceptors (Lipinski definition) is 2. The van der Waals surface area contributed by atoms with Gasteiger partial charge in [0.15, 0.2) is 0 Å². The van der Waals surface area contributed by atoms with Crippen LogP contribution in [0.5, 0.6) is 5.75 Å². The zero-order valence-corrected chi connectivity index (χ0v) is 10.3. The van der Waals surface area contributed by atoms with Crippen molar-refractivity contribution in [3.05, 3.63) is 29.6 Å². The first-order chi connectivity index (χ1) is 7.41. The second kappa shape index (κ2) is 5.30. The van der Waals surface area contributed by atoms with Crippen LogP contribution in [-0.4, -0.2) is 11.1 Å². The van der Waals surface area contributed by atoms with E-state index in [-0.39, 0.29) is 11.8 Å². The maximum absolute atomic E-state index is 12.8. The number of hydrogen-bond donors (Lipinski definition) is 2. The maximum atomic E-state index is 12.8. The monoisotopic (exact) mass is 225 g/mol. The lowest BCUT2D eigenvalue weighted by Crippen LogP contribution is -2.33. The summed E-state index contributed by atoms with van der Waals surface area (Å²) in [7, 11) is 0. The van der Waals surface area contributed by atoms with Crippen molar-refractivity contribution in [1.82, 2.24) is 5.32 Å². The molecule has 1 rings (SSSR count). The molecule has 0 saturated heterocycles. The van der Waals surface area contributed by atoms with E-state index in [1.165, 1.54) is 6.07 Å². The molecular formula is C13H20FNO. The molecule has 0 radical (unpaired) electrons. The largest absolute Gasteiger partial charge is 0.508 e. The molecule has 0 aromatic heterocycles. The fourth-order valence-corrected chi connectivity index (χ4v) is 1.56. The van der Waals surface area contributed by atoms with Gasteiger partial charge in [-0.15, -0.1) is 0 Å². The molecule has 90 valence electrons. The molecule has 2 unspecified atom stereocenters. The average molecular weight is 225 g/mol. The SMILES string of the molecule is CC(NC(C)C(C)C)c1ccc(F)cc1O. The standard InChI is InChI=1S/C13H20FNO/c1-8(2)9(3)15-10(4)12-6-5-11(14)7-13(12)16/h5-10,15-16H,1-4H3. The molecule has 3 heteroatoms. The molecule has 0 saturated carbocycles. The van der Waals surface area contributed by atoms with Gasteiger partial charge in [0.1, 0.15) is 11.6 Å². The molecule has 0 aliphatic carbocycles. The molecule has 0 aliphatic rings. The van der Waals surface area contributed by atoms with E-state index < -0.39 is 5.82 Å². The van der Waals surface area contributed by atoms with Crippen LogP contribution in [0.4, 0.5) is 4.39 Å². The molecule has 0 bridgehead atoms. The highest BCUT2D eigenvalue weighted by atomic mass is 19.1. The molecule has 2 N–H and O–H groups in total. The fourth-order valence-electron chi connectivity index (χ4n) is 1.56. The summed E-state index contributed by atoms with van der Waals surface area (Å²) in [5, 5.41) is 13.0. The van der Waals surface area contributed by atoms with Crippen molar-refractivity contribution < 1.29 is 9.50 Å². The molecule has 1 aromatic rings. The van der Waals surface area contributed by atoms with Crippen LogP contribution in [0.15, 0.2) is 18.2 Å². The predicted molar refractivity (Wildman–Crippen MR) is 63.9 cm³/mol. The highest BCUT2D eigenvalue weighted by Gasteiger charge is 2.15. The summed E-state index contributed by atoms with van der Waals surface area (Å²) in [5.74, 6) is 0.117. The van der Waals surface area contributed by atoms with Crippen molar-refractivity contribution >= 4 is 0 Å². The second-order valence-electron chi connectivity index (χ2n) is 4.62. The van der Waals surface area contributed by atoms with E-state index in [1.807, 2.05) is 6.92 Å². The minimum absolute atomic E-state index is 0.0101. The van der Waals surface area contributed by atoms with Gasteiger partial charge < -0.3 is 10.4 Å².